The van der Waals surface area contributed by atoms with Crippen molar-refractivity contribution < 1.29 is 0 Å². The monoisotopic (exact) mass is 210 g/mol. The number of piperidine rings is 1. The van der Waals surface area contributed by atoms with Crippen LogP contribution in [-0.2, 0) is 0 Å². The average molecular weight is 210 g/mol. The zero-order valence-electron chi connectivity index (χ0n) is 10.3. The molecule has 2 rings (SSSR count). The molecular weight excluding hydrogens is 184 g/mol. The molecule has 0 bridgehead atoms. The van der Waals surface area contributed by atoms with Crippen molar-refractivity contribution in [3.05, 3.63) is 0 Å². The van der Waals surface area contributed by atoms with E-state index in [4.69, 9.17) is 0 Å². The summed E-state index contributed by atoms with van der Waals surface area (Å²) in [6.07, 6.45) is 7.15. The van der Waals surface area contributed by atoms with E-state index in [0.29, 0.717) is 0 Å². The highest BCUT2D eigenvalue weighted by Gasteiger charge is 2.28. The second-order valence-corrected chi connectivity index (χ2v) is 5.48. The summed E-state index contributed by atoms with van der Waals surface area (Å²) >= 11 is 0. The first-order chi connectivity index (χ1) is 7.27. The molecule has 1 aliphatic heterocycles. The quantitative estimate of drug-likeness (QED) is 0.749. The smallest absolute Gasteiger partial charge is 0.0192 e. The fourth-order valence-corrected chi connectivity index (χ4v) is 2.61. The molecule has 1 heterocycles. The summed E-state index contributed by atoms with van der Waals surface area (Å²) in [5.74, 6) is 0.985. The Kier molecular flexibility index (Phi) is 4.04. The number of hydrogen-bond donors (Lipinski definition) is 1. The number of nitrogens with one attached hydrogen (secondary N) is 1. The lowest BCUT2D eigenvalue weighted by Crippen LogP contribution is -2.45. The summed E-state index contributed by atoms with van der Waals surface area (Å²) in [5.41, 5.74) is 0. The van der Waals surface area contributed by atoms with Crippen molar-refractivity contribution in [2.75, 3.05) is 19.6 Å². The third-order valence-corrected chi connectivity index (χ3v) is 4.08. The van der Waals surface area contributed by atoms with Gasteiger partial charge in [-0.3, -0.25) is 4.90 Å². The third kappa shape index (κ3) is 3.46. The molecule has 2 aliphatic rings. The average Bonchev–Trinajstić information content (AvgIpc) is 3.10. The van der Waals surface area contributed by atoms with Gasteiger partial charge in [0.1, 0.15) is 0 Å². The van der Waals surface area contributed by atoms with Crippen LogP contribution in [0, 0.1) is 5.92 Å². The summed E-state index contributed by atoms with van der Waals surface area (Å²) in [4.78, 5) is 2.65. The molecule has 0 radical (unpaired) electrons. The van der Waals surface area contributed by atoms with Gasteiger partial charge in [0.2, 0.25) is 0 Å². The maximum atomic E-state index is 3.70. The van der Waals surface area contributed by atoms with Crippen LogP contribution in [0.3, 0.4) is 0 Å². The highest BCUT2D eigenvalue weighted by Crippen LogP contribution is 2.32. The number of hydrogen-bond acceptors (Lipinski definition) is 2. The van der Waals surface area contributed by atoms with E-state index >= 15 is 0 Å². The van der Waals surface area contributed by atoms with Crippen molar-refractivity contribution in [1.82, 2.24) is 10.2 Å². The molecule has 0 spiro atoms. The molecule has 15 heavy (non-hydrogen) atoms. The Hall–Kier alpha value is -0.0800. The second-order valence-electron chi connectivity index (χ2n) is 5.48. The first kappa shape index (κ1) is 11.4. The lowest BCUT2D eigenvalue weighted by molar-refractivity contribution is 0.167. The molecule has 2 heteroatoms. The second kappa shape index (κ2) is 5.31. The Morgan fingerprint density at radius 1 is 1.13 bits per heavy atom. The summed E-state index contributed by atoms with van der Waals surface area (Å²) < 4.78 is 0. The molecule has 2 fully saturated rings. The van der Waals surface area contributed by atoms with E-state index in [-0.39, 0.29) is 0 Å². The van der Waals surface area contributed by atoms with Crippen molar-refractivity contribution in [1.29, 1.82) is 0 Å². The zero-order chi connectivity index (χ0) is 10.7. The van der Waals surface area contributed by atoms with E-state index in [1.807, 2.05) is 0 Å². The fraction of sp³-hybridized carbons (Fsp3) is 1.00. The topological polar surface area (TPSA) is 15.3 Å². The van der Waals surface area contributed by atoms with Crippen molar-refractivity contribution in [2.45, 2.75) is 58.0 Å². The van der Waals surface area contributed by atoms with Gasteiger partial charge in [0.25, 0.3) is 0 Å². The van der Waals surface area contributed by atoms with Crippen LogP contribution in [0.15, 0.2) is 0 Å². The maximum absolute atomic E-state index is 3.70. The van der Waals surface area contributed by atoms with Gasteiger partial charge in [-0.2, -0.15) is 0 Å². The normalized spacial score (nSPS) is 27.6. The molecule has 0 aromatic heterocycles. The molecular formula is C13H26N2. The van der Waals surface area contributed by atoms with E-state index < -0.39 is 0 Å². The highest BCUT2D eigenvalue weighted by molar-refractivity contribution is 4.84. The van der Waals surface area contributed by atoms with Gasteiger partial charge in [0.05, 0.1) is 0 Å². The van der Waals surface area contributed by atoms with Crippen LogP contribution in [-0.4, -0.2) is 36.6 Å². The van der Waals surface area contributed by atoms with Gasteiger partial charge in [-0.1, -0.05) is 6.42 Å². The molecule has 2 unspecified atom stereocenters. The fourth-order valence-electron chi connectivity index (χ4n) is 2.61. The SMILES string of the molecule is CC(NCC(C)N1CCCCC1)C1CC1. The largest absolute Gasteiger partial charge is 0.312 e. The van der Waals surface area contributed by atoms with E-state index in [2.05, 4.69) is 24.1 Å². The van der Waals surface area contributed by atoms with Crippen molar-refractivity contribution >= 4 is 0 Å². The molecule has 0 amide bonds. The number of likely N-dealkylation sites (tertiary alicyclic amines) is 1. The zero-order valence-corrected chi connectivity index (χ0v) is 10.3. The van der Waals surface area contributed by atoms with Crippen LogP contribution < -0.4 is 5.32 Å². The van der Waals surface area contributed by atoms with Gasteiger partial charge >= 0.3 is 0 Å². The molecule has 1 saturated carbocycles. The Morgan fingerprint density at radius 3 is 2.40 bits per heavy atom. The minimum atomic E-state index is 0.728. The summed E-state index contributed by atoms with van der Waals surface area (Å²) in [6, 6.07) is 1.48. The highest BCUT2D eigenvalue weighted by atomic mass is 15.2. The van der Waals surface area contributed by atoms with Gasteiger partial charge in [-0.15, -0.1) is 0 Å². The lowest BCUT2D eigenvalue weighted by Gasteiger charge is -2.33. The van der Waals surface area contributed by atoms with Crippen molar-refractivity contribution in [3.63, 3.8) is 0 Å². The van der Waals surface area contributed by atoms with Crippen LogP contribution in [0.5, 0.6) is 0 Å². The Bertz CT molecular complexity index is 183. The Labute approximate surface area is 94.4 Å². The molecule has 1 N–H and O–H groups in total. The van der Waals surface area contributed by atoms with E-state index in [1.165, 1.54) is 51.7 Å². The standard InChI is InChI=1S/C13H26N2/c1-11(15-8-4-3-5-9-15)10-14-12(2)13-6-7-13/h11-14H,3-10H2,1-2H3. The van der Waals surface area contributed by atoms with E-state index in [0.717, 1.165) is 18.0 Å². The molecule has 1 saturated heterocycles. The van der Waals surface area contributed by atoms with E-state index in [9.17, 15) is 0 Å². The minimum absolute atomic E-state index is 0.728. The van der Waals surface area contributed by atoms with Crippen LogP contribution in [0.25, 0.3) is 0 Å². The Balaban J connectivity index is 1.64. The van der Waals surface area contributed by atoms with Gasteiger partial charge in [0, 0.05) is 18.6 Å². The van der Waals surface area contributed by atoms with Crippen LogP contribution in [0.4, 0.5) is 0 Å². The first-order valence-electron chi connectivity index (χ1n) is 6.75. The molecule has 88 valence electrons. The predicted octanol–water partition coefficient (Wildman–Crippen LogP) is 2.25. The van der Waals surface area contributed by atoms with E-state index in [1.54, 1.807) is 0 Å². The molecule has 2 nitrogen and oxygen atoms in total. The van der Waals surface area contributed by atoms with Crippen molar-refractivity contribution in [3.8, 4) is 0 Å². The lowest BCUT2D eigenvalue weighted by atomic mass is 10.1. The third-order valence-electron chi connectivity index (χ3n) is 4.08. The van der Waals surface area contributed by atoms with Crippen molar-refractivity contribution in [2.24, 2.45) is 5.92 Å². The number of rotatable bonds is 5. The van der Waals surface area contributed by atoms with Crippen LogP contribution in [0.1, 0.15) is 46.0 Å². The summed E-state index contributed by atoms with van der Waals surface area (Å²) in [7, 11) is 0. The van der Waals surface area contributed by atoms with Gasteiger partial charge in [0.15, 0.2) is 0 Å². The first-order valence-corrected chi connectivity index (χ1v) is 6.75. The molecule has 0 aromatic rings. The molecule has 0 aromatic carbocycles. The minimum Gasteiger partial charge on any atom is -0.312 e. The Morgan fingerprint density at radius 2 is 1.80 bits per heavy atom. The van der Waals surface area contributed by atoms with Crippen LogP contribution >= 0.6 is 0 Å². The van der Waals surface area contributed by atoms with Crippen LogP contribution in [0.2, 0.25) is 0 Å². The van der Waals surface area contributed by atoms with Gasteiger partial charge < -0.3 is 5.32 Å². The van der Waals surface area contributed by atoms with Gasteiger partial charge in [-0.05, 0) is 58.5 Å². The van der Waals surface area contributed by atoms with Gasteiger partial charge in [-0.25, -0.2) is 0 Å². The molecule has 1 aliphatic carbocycles. The summed E-state index contributed by atoms with van der Waals surface area (Å²) in [5, 5.41) is 3.70. The number of nitrogens with zero attached hydrogens (tertiary/aromatic N) is 1. The summed E-state index contributed by atoms with van der Waals surface area (Å²) in [6.45, 7) is 8.54. The maximum Gasteiger partial charge on any atom is 0.0192 e. The predicted molar refractivity (Wildman–Crippen MR) is 65.1 cm³/mol. The molecule has 2 atom stereocenters.